The van der Waals surface area contributed by atoms with E-state index in [0.717, 1.165) is 17.2 Å². The number of aryl methyl sites for hydroxylation is 1. The average molecular weight is 309 g/mol. The van der Waals surface area contributed by atoms with Crippen LogP contribution in [-0.4, -0.2) is 4.92 Å². The van der Waals surface area contributed by atoms with Crippen molar-refractivity contribution in [3.05, 3.63) is 60.8 Å². The van der Waals surface area contributed by atoms with Crippen LogP contribution in [-0.2, 0) is 13.0 Å². The molecule has 4 nitrogen and oxygen atoms in total. The Morgan fingerprint density at radius 3 is 3.05 bits per heavy atom. The SMILES string of the molecule is O=[N+]([O-])c1ccccc1CNC1CCc2sc(Cl)cc21. The Bertz CT molecular complexity index is 656. The lowest BCUT2D eigenvalue weighted by molar-refractivity contribution is -0.385. The van der Waals surface area contributed by atoms with Crippen LogP contribution in [0.1, 0.15) is 28.5 Å². The molecule has 20 heavy (non-hydrogen) atoms. The number of benzene rings is 1. The molecule has 0 amide bonds. The first-order valence-corrected chi connectivity index (χ1v) is 7.58. The molecule has 1 heterocycles. The molecule has 1 aromatic carbocycles. The van der Waals surface area contributed by atoms with E-state index in [1.165, 1.54) is 10.4 Å². The topological polar surface area (TPSA) is 55.2 Å². The van der Waals surface area contributed by atoms with Gasteiger partial charge in [0.2, 0.25) is 0 Å². The molecule has 0 radical (unpaired) electrons. The summed E-state index contributed by atoms with van der Waals surface area (Å²) in [7, 11) is 0. The van der Waals surface area contributed by atoms with E-state index in [0.29, 0.717) is 12.1 Å². The van der Waals surface area contributed by atoms with Crippen LogP contribution < -0.4 is 5.32 Å². The summed E-state index contributed by atoms with van der Waals surface area (Å²) in [6, 6.07) is 9.10. The van der Waals surface area contributed by atoms with Crippen LogP contribution in [0.2, 0.25) is 4.34 Å². The number of thiophene rings is 1. The number of fused-ring (bicyclic) bond motifs is 1. The van der Waals surface area contributed by atoms with Gasteiger partial charge < -0.3 is 5.32 Å². The maximum absolute atomic E-state index is 11.0. The third-order valence-corrected chi connectivity index (χ3v) is 4.91. The molecule has 1 atom stereocenters. The number of nitro benzene ring substituents is 1. The van der Waals surface area contributed by atoms with Gasteiger partial charge in [0.1, 0.15) is 0 Å². The number of halogens is 1. The first kappa shape index (κ1) is 13.5. The van der Waals surface area contributed by atoms with E-state index in [1.807, 2.05) is 12.1 Å². The fourth-order valence-electron chi connectivity index (χ4n) is 2.61. The maximum atomic E-state index is 11.0. The Morgan fingerprint density at radius 1 is 1.45 bits per heavy atom. The number of para-hydroxylation sites is 1. The number of hydrogen-bond acceptors (Lipinski definition) is 4. The number of nitrogens with zero attached hydrogens (tertiary/aromatic N) is 1. The van der Waals surface area contributed by atoms with Crippen molar-refractivity contribution in [1.82, 2.24) is 5.32 Å². The summed E-state index contributed by atoms with van der Waals surface area (Å²) in [5.41, 5.74) is 2.13. The second-order valence-electron chi connectivity index (χ2n) is 4.79. The minimum absolute atomic E-state index is 0.168. The Labute approximate surface area is 125 Å². The summed E-state index contributed by atoms with van der Waals surface area (Å²) >= 11 is 7.66. The minimum Gasteiger partial charge on any atom is -0.306 e. The molecule has 104 valence electrons. The van der Waals surface area contributed by atoms with Gasteiger partial charge in [-0.2, -0.15) is 0 Å². The van der Waals surface area contributed by atoms with Crippen molar-refractivity contribution in [2.45, 2.75) is 25.4 Å². The van der Waals surface area contributed by atoms with Crippen LogP contribution in [0.15, 0.2) is 30.3 Å². The van der Waals surface area contributed by atoms with Crippen molar-refractivity contribution in [2.24, 2.45) is 0 Å². The lowest BCUT2D eigenvalue weighted by atomic mass is 10.1. The molecule has 1 aliphatic carbocycles. The smallest absolute Gasteiger partial charge is 0.273 e. The summed E-state index contributed by atoms with van der Waals surface area (Å²) < 4.78 is 0.812. The maximum Gasteiger partial charge on any atom is 0.273 e. The second-order valence-corrected chi connectivity index (χ2v) is 6.56. The van der Waals surface area contributed by atoms with Gasteiger partial charge in [-0.05, 0) is 24.5 Å². The number of hydrogen-bond donors (Lipinski definition) is 1. The van der Waals surface area contributed by atoms with Crippen LogP contribution >= 0.6 is 22.9 Å². The average Bonchev–Trinajstić information content (AvgIpc) is 2.96. The van der Waals surface area contributed by atoms with E-state index in [1.54, 1.807) is 29.5 Å². The zero-order valence-corrected chi connectivity index (χ0v) is 12.2. The van der Waals surface area contributed by atoms with Crippen molar-refractivity contribution in [1.29, 1.82) is 0 Å². The molecule has 6 heteroatoms. The molecular formula is C14H13ClN2O2S. The Morgan fingerprint density at radius 2 is 2.25 bits per heavy atom. The molecule has 0 saturated carbocycles. The highest BCUT2D eigenvalue weighted by Crippen LogP contribution is 2.39. The van der Waals surface area contributed by atoms with Gasteiger partial charge in [-0.1, -0.05) is 29.8 Å². The second kappa shape index (κ2) is 5.52. The Kier molecular flexibility index (Phi) is 3.74. The predicted octanol–water partition coefficient (Wildman–Crippen LogP) is 4.09. The van der Waals surface area contributed by atoms with Crippen LogP contribution in [0.5, 0.6) is 0 Å². The summed E-state index contributed by atoms with van der Waals surface area (Å²) in [4.78, 5) is 12.0. The monoisotopic (exact) mass is 308 g/mol. The fraction of sp³-hybridized carbons (Fsp3) is 0.286. The van der Waals surface area contributed by atoms with Crippen LogP contribution in [0.4, 0.5) is 5.69 Å². The normalized spacial score (nSPS) is 17.1. The predicted molar refractivity (Wildman–Crippen MR) is 80.3 cm³/mol. The van der Waals surface area contributed by atoms with E-state index < -0.39 is 0 Å². The molecule has 0 saturated heterocycles. The first-order chi connectivity index (χ1) is 9.65. The molecule has 0 fully saturated rings. The van der Waals surface area contributed by atoms with Gasteiger partial charge in [0.15, 0.2) is 0 Å². The lowest BCUT2D eigenvalue weighted by Gasteiger charge is -2.13. The van der Waals surface area contributed by atoms with Gasteiger partial charge in [0, 0.05) is 29.1 Å². The summed E-state index contributed by atoms with van der Waals surface area (Å²) in [5, 5.41) is 14.4. The molecule has 2 aromatic rings. The standard InChI is InChI=1S/C14H13ClN2O2S/c15-14-7-10-11(5-6-13(10)20-14)16-8-9-3-1-2-4-12(9)17(18)19/h1-4,7,11,16H,5-6,8H2. The van der Waals surface area contributed by atoms with E-state index in [9.17, 15) is 10.1 Å². The Hall–Kier alpha value is -1.43. The summed E-state index contributed by atoms with van der Waals surface area (Å²) in [6.07, 6.45) is 2.06. The molecule has 0 bridgehead atoms. The van der Waals surface area contributed by atoms with Crippen LogP contribution in [0, 0.1) is 10.1 Å². The highest BCUT2D eigenvalue weighted by atomic mass is 35.5. The molecule has 0 aliphatic heterocycles. The number of rotatable bonds is 4. The molecule has 1 unspecified atom stereocenters. The van der Waals surface area contributed by atoms with Gasteiger partial charge >= 0.3 is 0 Å². The van der Waals surface area contributed by atoms with Gasteiger partial charge in [-0.3, -0.25) is 10.1 Å². The quantitative estimate of drug-likeness (QED) is 0.684. The molecule has 0 spiro atoms. The first-order valence-electron chi connectivity index (χ1n) is 6.39. The number of nitrogens with one attached hydrogen (secondary N) is 1. The third-order valence-electron chi connectivity index (χ3n) is 3.57. The molecule has 3 rings (SSSR count). The molecular weight excluding hydrogens is 296 g/mol. The van der Waals surface area contributed by atoms with Gasteiger partial charge in [-0.25, -0.2) is 0 Å². The zero-order chi connectivity index (χ0) is 14.1. The van der Waals surface area contributed by atoms with E-state index >= 15 is 0 Å². The third kappa shape index (κ3) is 2.57. The van der Waals surface area contributed by atoms with Crippen molar-refractivity contribution in [3.8, 4) is 0 Å². The van der Waals surface area contributed by atoms with E-state index in [4.69, 9.17) is 11.6 Å². The van der Waals surface area contributed by atoms with Crippen molar-refractivity contribution < 1.29 is 4.92 Å². The minimum atomic E-state index is -0.335. The number of nitro groups is 1. The van der Waals surface area contributed by atoms with Gasteiger partial charge in [0.25, 0.3) is 5.69 Å². The Balaban J connectivity index is 1.73. The summed E-state index contributed by atoms with van der Waals surface area (Å²) in [6.45, 7) is 0.495. The van der Waals surface area contributed by atoms with Crippen LogP contribution in [0.3, 0.4) is 0 Å². The highest BCUT2D eigenvalue weighted by molar-refractivity contribution is 7.16. The fourth-order valence-corrected chi connectivity index (χ4v) is 3.97. The van der Waals surface area contributed by atoms with Crippen LogP contribution in [0.25, 0.3) is 0 Å². The molecule has 1 N–H and O–H groups in total. The molecule has 1 aromatic heterocycles. The summed E-state index contributed by atoms with van der Waals surface area (Å²) in [5.74, 6) is 0. The van der Waals surface area contributed by atoms with Crippen molar-refractivity contribution in [2.75, 3.05) is 0 Å². The van der Waals surface area contributed by atoms with Gasteiger partial charge in [-0.15, -0.1) is 11.3 Å². The molecule has 1 aliphatic rings. The highest BCUT2D eigenvalue weighted by Gasteiger charge is 2.25. The van der Waals surface area contributed by atoms with E-state index in [-0.39, 0.29) is 16.7 Å². The van der Waals surface area contributed by atoms with Crippen molar-refractivity contribution in [3.63, 3.8) is 0 Å². The lowest BCUT2D eigenvalue weighted by Crippen LogP contribution is -2.19. The zero-order valence-electron chi connectivity index (χ0n) is 10.6. The van der Waals surface area contributed by atoms with Crippen molar-refractivity contribution >= 4 is 28.6 Å². The van der Waals surface area contributed by atoms with Gasteiger partial charge in [0.05, 0.1) is 9.26 Å². The largest absolute Gasteiger partial charge is 0.306 e. The van der Waals surface area contributed by atoms with E-state index in [2.05, 4.69) is 5.32 Å².